The van der Waals surface area contributed by atoms with E-state index in [1.54, 1.807) is 48.7 Å². The summed E-state index contributed by atoms with van der Waals surface area (Å²) in [5.41, 5.74) is 1.93. The largest absolute Gasteiger partial charge is 0.507 e. The Morgan fingerprint density at radius 3 is 2.53 bits per heavy atom. The van der Waals surface area contributed by atoms with Crippen LogP contribution in [0.3, 0.4) is 0 Å². The van der Waals surface area contributed by atoms with Crippen molar-refractivity contribution in [3.63, 3.8) is 0 Å². The van der Waals surface area contributed by atoms with Crippen molar-refractivity contribution in [2.75, 3.05) is 0 Å². The van der Waals surface area contributed by atoms with Crippen molar-refractivity contribution in [2.24, 2.45) is 4.99 Å². The maximum atomic E-state index is 9.59. The molecule has 0 fully saturated rings. The lowest BCUT2D eigenvalue weighted by Crippen LogP contribution is -2.02. The van der Waals surface area contributed by atoms with Crippen molar-refractivity contribution in [3.05, 3.63) is 53.1 Å². The Kier molecular flexibility index (Phi) is 3.50. The molecule has 2 aromatic rings. The van der Waals surface area contributed by atoms with E-state index in [4.69, 9.17) is 19.4 Å². The molecule has 0 aromatic heterocycles. The van der Waals surface area contributed by atoms with E-state index in [-0.39, 0.29) is 5.75 Å². The van der Waals surface area contributed by atoms with Crippen LogP contribution >= 0.6 is 11.6 Å². The number of rotatable bonds is 2. The van der Waals surface area contributed by atoms with Gasteiger partial charge < -0.3 is 5.11 Å². The van der Waals surface area contributed by atoms with E-state index >= 15 is 0 Å². The summed E-state index contributed by atoms with van der Waals surface area (Å²) in [4.78, 5) is 4.22. The van der Waals surface area contributed by atoms with Gasteiger partial charge in [-0.05, 0) is 30.3 Å². The minimum atomic E-state index is 0.150. The summed E-state index contributed by atoms with van der Waals surface area (Å²) in [5.74, 6) is 0.150. The second-order valence-corrected chi connectivity index (χ2v) is 3.99. The van der Waals surface area contributed by atoms with Crippen LogP contribution in [0.1, 0.15) is 5.56 Å². The van der Waals surface area contributed by atoms with Crippen LogP contribution in [0.15, 0.2) is 47.5 Å². The van der Waals surface area contributed by atoms with E-state index < -0.39 is 0 Å². The molecular weight excluding hydrogens is 232 g/mol. The summed E-state index contributed by atoms with van der Waals surface area (Å²) >= 11 is 5.77. The van der Waals surface area contributed by atoms with E-state index in [9.17, 15) is 5.11 Å². The molecule has 0 amide bonds. The van der Waals surface area contributed by atoms with Gasteiger partial charge in [0, 0.05) is 16.8 Å². The molecule has 17 heavy (non-hydrogen) atoms. The Balaban J connectivity index is 2.25. The first kappa shape index (κ1) is 11.7. The highest BCUT2D eigenvalue weighted by Gasteiger charge is 1.97. The highest BCUT2D eigenvalue weighted by molar-refractivity contribution is 6.32. The van der Waals surface area contributed by atoms with Crippen LogP contribution in [-0.4, -0.2) is 19.2 Å². The van der Waals surface area contributed by atoms with Gasteiger partial charge >= 0.3 is 0 Å². The molecule has 2 radical (unpaired) electrons. The third kappa shape index (κ3) is 3.11. The zero-order valence-electron chi connectivity index (χ0n) is 8.97. The highest BCUT2D eigenvalue weighted by atomic mass is 35.5. The fourth-order valence-corrected chi connectivity index (χ4v) is 1.47. The molecule has 2 nitrogen and oxygen atoms in total. The van der Waals surface area contributed by atoms with Crippen LogP contribution in [0.2, 0.25) is 5.02 Å². The van der Waals surface area contributed by atoms with Crippen LogP contribution < -0.4 is 5.46 Å². The summed E-state index contributed by atoms with van der Waals surface area (Å²) in [7, 11) is 5.63. The molecule has 0 saturated carbocycles. The lowest BCUT2D eigenvalue weighted by atomic mass is 9.94. The Bertz CT molecular complexity index is 552. The van der Waals surface area contributed by atoms with E-state index in [1.807, 2.05) is 0 Å². The van der Waals surface area contributed by atoms with Crippen molar-refractivity contribution in [3.8, 4) is 5.75 Å². The maximum Gasteiger partial charge on any atom is 0.124 e. The second-order valence-electron chi connectivity index (χ2n) is 3.55. The number of hydrogen-bond donors (Lipinski definition) is 1. The summed E-state index contributed by atoms with van der Waals surface area (Å²) < 4.78 is 0. The number of benzene rings is 2. The summed E-state index contributed by atoms with van der Waals surface area (Å²) in [6.07, 6.45) is 1.56. The zero-order valence-corrected chi connectivity index (χ0v) is 9.72. The summed E-state index contributed by atoms with van der Waals surface area (Å²) in [6, 6.07) is 11.9. The molecule has 0 heterocycles. The van der Waals surface area contributed by atoms with Crippen LogP contribution in [-0.2, 0) is 0 Å². The molecule has 0 bridgehead atoms. The van der Waals surface area contributed by atoms with Gasteiger partial charge in [0.05, 0.1) is 5.69 Å². The van der Waals surface area contributed by atoms with Gasteiger partial charge in [-0.2, -0.15) is 0 Å². The Labute approximate surface area is 106 Å². The third-order valence-electron chi connectivity index (χ3n) is 2.23. The monoisotopic (exact) mass is 241 g/mol. The molecule has 0 unspecified atom stereocenters. The Hall–Kier alpha value is -1.74. The first-order valence-corrected chi connectivity index (χ1v) is 5.41. The quantitative estimate of drug-likeness (QED) is 0.636. The predicted molar refractivity (Wildman–Crippen MR) is 72.2 cm³/mol. The molecule has 4 heteroatoms. The summed E-state index contributed by atoms with van der Waals surface area (Å²) in [6.45, 7) is 0. The first-order chi connectivity index (χ1) is 8.15. The van der Waals surface area contributed by atoms with Crippen molar-refractivity contribution in [1.29, 1.82) is 0 Å². The van der Waals surface area contributed by atoms with Crippen molar-refractivity contribution >= 4 is 36.8 Å². The minimum absolute atomic E-state index is 0.150. The number of aliphatic imine (C=N–C) groups is 1. The van der Waals surface area contributed by atoms with Gasteiger partial charge in [0.15, 0.2) is 0 Å². The van der Waals surface area contributed by atoms with Gasteiger partial charge in [-0.25, -0.2) is 0 Å². The van der Waals surface area contributed by atoms with Crippen LogP contribution in [0.4, 0.5) is 5.69 Å². The van der Waals surface area contributed by atoms with Crippen LogP contribution in [0.25, 0.3) is 0 Å². The van der Waals surface area contributed by atoms with Gasteiger partial charge in [-0.3, -0.25) is 4.99 Å². The van der Waals surface area contributed by atoms with Crippen molar-refractivity contribution in [2.45, 2.75) is 0 Å². The molecule has 0 aliphatic carbocycles. The topological polar surface area (TPSA) is 32.6 Å². The molecule has 2 aromatic carbocycles. The van der Waals surface area contributed by atoms with Gasteiger partial charge in [0.25, 0.3) is 0 Å². The number of halogens is 1. The minimum Gasteiger partial charge on any atom is -0.507 e. The average Bonchev–Trinajstić information content (AvgIpc) is 2.32. The van der Waals surface area contributed by atoms with Gasteiger partial charge in [-0.1, -0.05) is 29.2 Å². The number of nitrogens with zero attached hydrogens (tertiary/aromatic N) is 1. The van der Waals surface area contributed by atoms with E-state index in [0.717, 1.165) is 5.69 Å². The molecule has 0 atom stereocenters. The van der Waals surface area contributed by atoms with Gasteiger partial charge in [0.2, 0.25) is 0 Å². The molecule has 82 valence electrons. The van der Waals surface area contributed by atoms with Crippen molar-refractivity contribution in [1.82, 2.24) is 0 Å². The van der Waals surface area contributed by atoms with E-state index in [2.05, 4.69) is 4.99 Å². The normalized spacial score (nSPS) is 10.9. The molecule has 0 saturated heterocycles. The fraction of sp³-hybridized carbons (Fsp3) is 0. The van der Waals surface area contributed by atoms with E-state index in [1.165, 1.54) is 0 Å². The predicted octanol–water partition coefficient (Wildman–Crippen LogP) is 2.59. The smallest absolute Gasteiger partial charge is 0.124 e. The number of aromatic hydroxyl groups is 1. The fourth-order valence-electron chi connectivity index (χ4n) is 1.35. The molecule has 1 N–H and O–H groups in total. The van der Waals surface area contributed by atoms with Crippen LogP contribution in [0, 0.1) is 0 Å². The molecule has 0 aliphatic heterocycles. The van der Waals surface area contributed by atoms with Crippen molar-refractivity contribution < 1.29 is 5.11 Å². The number of hydrogen-bond acceptors (Lipinski definition) is 2. The Morgan fingerprint density at radius 2 is 1.82 bits per heavy atom. The highest BCUT2D eigenvalue weighted by Crippen LogP contribution is 2.17. The van der Waals surface area contributed by atoms with Gasteiger partial charge in [-0.15, -0.1) is 0 Å². The third-order valence-corrected chi connectivity index (χ3v) is 2.48. The first-order valence-electron chi connectivity index (χ1n) is 5.03. The second kappa shape index (κ2) is 5.06. The van der Waals surface area contributed by atoms with Crippen LogP contribution in [0.5, 0.6) is 5.75 Å². The lowest BCUT2D eigenvalue weighted by molar-refractivity contribution is 0.474. The molecule has 0 aliphatic rings. The molecule has 2 rings (SSSR count). The summed E-state index contributed by atoms with van der Waals surface area (Å²) in [5, 5.41) is 10.3. The zero-order chi connectivity index (χ0) is 12.3. The Morgan fingerprint density at radius 1 is 1.12 bits per heavy atom. The lowest BCUT2D eigenvalue weighted by Gasteiger charge is -2.00. The molecule has 0 spiro atoms. The number of phenols is 1. The average molecular weight is 241 g/mol. The van der Waals surface area contributed by atoms with E-state index in [0.29, 0.717) is 16.0 Å². The molecular formula is C13H9BClNO. The standard InChI is InChI=1S/C13H9BClNO/c14-10-1-6-13(17)9(7-10)8-16-12-4-2-11(15)3-5-12/h1-8,17H. The maximum absolute atomic E-state index is 9.59. The number of phenolic OH excluding ortho intramolecular Hbond substituents is 1. The van der Waals surface area contributed by atoms with Gasteiger partial charge in [0.1, 0.15) is 13.6 Å². The SMILES string of the molecule is [B]c1ccc(O)c(C=Nc2ccc(Cl)cc2)c1.